The summed E-state index contributed by atoms with van der Waals surface area (Å²) in [6, 6.07) is 3.42. The Morgan fingerprint density at radius 2 is 2.05 bits per heavy atom. The van der Waals surface area contributed by atoms with Crippen molar-refractivity contribution in [1.82, 2.24) is 4.90 Å². The quantitative estimate of drug-likeness (QED) is 0.646. The molecule has 0 bridgehead atoms. The molecule has 0 saturated carbocycles. The zero-order valence-corrected chi connectivity index (χ0v) is 11.2. The number of halogens is 3. The SMILES string of the molecule is NNc1c(C(=O)N2CCCOCC2)cccc1C(F)(F)F. The second kappa shape index (κ2) is 6.31. The van der Waals surface area contributed by atoms with Crippen LogP contribution in [0.4, 0.5) is 18.9 Å². The number of nitrogen functional groups attached to an aromatic ring is 1. The van der Waals surface area contributed by atoms with Crippen molar-refractivity contribution < 1.29 is 22.7 Å². The van der Waals surface area contributed by atoms with Crippen LogP contribution in [0.3, 0.4) is 0 Å². The number of amides is 1. The van der Waals surface area contributed by atoms with E-state index < -0.39 is 23.3 Å². The van der Waals surface area contributed by atoms with Crippen LogP contribution in [-0.2, 0) is 10.9 Å². The normalized spacial score (nSPS) is 16.5. The van der Waals surface area contributed by atoms with E-state index in [1.807, 2.05) is 5.43 Å². The van der Waals surface area contributed by atoms with E-state index in [-0.39, 0.29) is 5.56 Å². The Morgan fingerprint density at radius 3 is 2.71 bits per heavy atom. The number of hydrazine groups is 1. The summed E-state index contributed by atoms with van der Waals surface area (Å²) in [6.07, 6.45) is -3.93. The van der Waals surface area contributed by atoms with Gasteiger partial charge in [-0.2, -0.15) is 13.2 Å². The van der Waals surface area contributed by atoms with E-state index in [0.29, 0.717) is 32.7 Å². The Morgan fingerprint density at radius 1 is 1.29 bits per heavy atom. The predicted octanol–water partition coefficient (Wildman–Crippen LogP) is 1.85. The summed E-state index contributed by atoms with van der Waals surface area (Å²) in [5.74, 6) is 4.71. The minimum Gasteiger partial charge on any atom is -0.380 e. The second-order valence-electron chi connectivity index (χ2n) is 4.63. The maximum absolute atomic E-state index is 12.9. The zero-order valence-electron chi connectivity index (χ0n) is 11.2. The average Bonchev–Trinajstić information content (AvgIpc) is 2.73. The number of hydrogen-bond acceptors (Lipinski definition) is 4. The molecule has 0 radical (unpaired) electrons. The van der Waals surface area contributed by atoms with Crippen LogP contribution in [0.5, 0.6) is 0 Å². The number of nitrogens with zero attached hydrogens (tertiary/aromatic N) is 1. The van der Waals surface area contributed by atoms with Gasteiger partial charge in [0, 0.05) is 19.7 Å². The van der Waals surface area contributed by atoms with Crippen LogP contribution in [0.2, 0.25) is 0 Å². The Labute approximate surface area is 119 Å². The summed E-state index contributed by atoms with van der Waals surface area (Å²) < 4.78 is 44.1. The highest BCUT2D eigenvalue weighted by Gasteiger charge is 2.35. The molecule has 3 N–H and O–H groups in total. The number of alkyl halides is 3. The first-order valence-corrected chi connectivity index (χ1v) is 6.49. The lowest BCUT2D eigenvalue weighted by molar-refractivity contribution is -0.137. The molecule has 0 spiro atoms. The molecule has 21 heavy (non-hydrogen) atoms. The minimum atomic E-state index is -4.58. The summed E-state index contributed by atoms with van der Waals surface area (Å²) in [6.45, 7) is 1.70. The Kier molecular flexibility index (Phi) is 4.69. The number of para-hydroxylation sites is 1. The number of nitrogens with one attached hydrogen (secondary N) is 1. The molecule has 1 heterocycles. The van der Waals surface area contributed by atoms with Crippen LogP contribution in [0.25, 0.3) is 0 Å². The second-order valence-corrected chi connectivity index (χ2v) is 4.63. The molecule has 1 saturated heterocycles. The lowest BCUT2D eigenvalue weighted by atomic mass is 10.1. The van der Waals surface area contributed by atoms with Gasteiger partial charge in [0.1, 0.15) is 0 Å². The van der Waals surface area contributed by atoms with Crippen molar-refractivity contribution in [3.63, 3.8) is 0 Å². The van der Waals surface area contributed by atoms with E-state index in [0.717, 1.165) is 6.07 Å². The van der Waals surface area contributed by atoms with Gasteiger partial charge in [-0.1, -0.05) is 6.07 Å². The van der Waals surface area contributed by atoms with Gasteiger partial charge < -0.3 is 15.1 Å². The van der Waals surface area contributed by atoms with Crippen LogP contribution in [0, 0.1) is 0 Å². The fourth-order valence-electron chi connectivity index (χ4n) is 2.24. The van der Waals surface area contributed by atoms with Crippen molar-refractivity contribution >= 4 is 11.6 Å². The van der Waals surface area contributed by atoms with Crippen molar-refractivity contribution in [1.29, 1.82) is 0 Å². The van der Waals surface area contributed by atoms with Gasteiger partial charge in [-0.25, -0.2) is 0 Å². The molecule has 1 aromatic carbocycles. The van der Waals surface area contributed by atoms with Gasteiger partial charge in [-0.3, -0.25) is 10.6 Å². The molecular formula is C13H16F3N3O2. The number of benzene rings is 1. The Hall–Kier alpha value is -1.80. The van der Waals surface area contributed by atoms with Gasteiger partial charge in [0.2, 0.25) is 0 Å². The highest BCUT2D eigenvalue weighted by atomic mass is 19.4. The lowest BCUT2D eigenvalue weighted by Gasteiger charge is -2.22. The maximum atomic E-state index is 12.9. The topological polar surface area (TPSA) is 67.6 Å². The Balaban J connectivity index is 2.36. The van der Waals surface area contributed by atoms with Gasteiger partial charge in [0.15, 0.2) is 0 Å². The molecule has 0 unspecified atom stereocenters. The molecule has 8 heteroatoms. The van der Waals surface area contributed by atoms with Crippen LogP contribution in [-0.4, -0.2) is 37.1 Å². The zero-order chi connectivity index (χ0) is 15.5. The number of carbonyl (C=O) groups excluding carboxylic acids is 1. The van der Waals surface area contributed by atoms with Crippen molar-refractivity contribution in [3.8, 4) is 0 Å². The van der Waals surface area contributed by atoms with Gasteiger partial charge >= 0.3 is 6.18 Å². The molecule has 1 amide bonds. The van der Waals surface area contributed by atoms with E-state index in [2.05, 4.69) is 0 Å². The number of carbonyl (C=O) groups is 1. The first-order valence-electron chi connectivity index (χ1n) is 6.49. The highest BCUT2D eigenvalue weighted by molar-refractivity contribution is 6.00. The summed E-state index contributed by atoms with van der Waals surface area (Å²) in [4.78, 5) is 13.9. The predicted molar refractivity (Wildman–Crippen MR) is 70.6 cm³/mol. The molecule has 1 aliphatic heterocycles. The fraction of sp³-hybridized carbons (Fsp3) is 0.462. The molecule has 1 aromatic rings. The minimum absolute atomic E-state index is 0.0887. The number of ether oxygens (including phenoxy) is 1. The number of anilines is 1. The highest BCUT2D eigenvalue weighted by Crippen LogP contribution is 2.36. The molecule has 0 aliphatic carbocycles. The third kappa shape index (κ3) is 3.45. The lowest BCUT2D eigenvalue weighted by Crippen LogP contribution is -2.34. The van der Waals surface area contributed by atoms with Crippen LogP contribution < -0.4 is 11.3 Å². The van der Waals surface area contributed by atoms with Gasteiger partial charge in [-0.15, -0.1) is 0 Å². The summed E-state index contributed by atoms with van der Waals surface area (Å²) >= 11 is 0. The molecular weight excluding hydrogens is 287 g/mol. The molecule has 5 nitrogen and oxygen atoms in total. The van der Waals surface area contributed by atoms with Gasteiger partial charge in [0.05, 0.1) is 23.4 Å². The molecule has 1 aliphatic rings. The first-order chi connectivity index (χ1) is 9.95. The fourth-order valence-corrected chi connectivity index (χ4v) is 2.24. The van der Waals surface area contributed by atoms with Crippen molar-refractivity contribution in [2.45, 2.75) is 12.6 Å². The standard InChI is InChI=1S/C13H16F3N3O2/c14-13(15,16)10-4-1-3-9(11(10)18-17)12(20)19-5-2-7-21-8-6-19/h1,3-4,18H,2,5-8,17H2. The van der Waals surface area contributed by atoms with Crippen molar-refractivity contribution in [2.24, 2.45) is 5.84 Å². The molecule has 116 valence electrons. The molecule has 1 fully saturated rings. The number of hydrogen-bond donors (Lipinski definition) is 2. The van der Waals surface area contributed by atoms with Crippen molar-refractivity contribution in [3.05, 3.63) is 29.3 Å². The molecule has 0 aromatic heterocycles. The van der Waals surface area contributed by atoms with Crippen LogP contribution in [0.15, 0.2) is 18.2 Å². The van der Waals surface area contributed by atoms with E-state index in [4.69, 9.17) is 10.6 Å². The summed E-state index contributed by atoms with van der Waals surface area (Å²) in [5.41, 5.74) is 0.560. The van der Waals surface area contributed by atoms with Crippen LogP contribution >= 0.6 is 0 Å². The number of nitrogens with two attached hydrogens (primary N) is 1. The monoisotopic (exact) mass is 303 g/mol. The van der Waals surface area contributed by atoms with E-state index in [1.165, 1.54) is 17.0 Å². The summed E-state index contributed by atoms with van der Waals surface area (Å²) in [5, 5.41) is 0. The molecule has 2 rings (SSSR count). The third-order valence-electron chi connectivity index (χ3n) is 3.25. The third-order valence-corrected chi connectivity index (χ3v) is 3.25. The van der Waals surface area contributed by atoms with E-state index in [1.54, 1.807) is 0 Å². The summed E-state index contributed by atoms with van der Waals surface area (Å²) in [7, 11) is 0. The van der Waals surface area contributed by atoms with E-state index in [9.17, 15) is 18.0 Å². The first kappa shape index (κ1) is 15.6. The molecule has 0 atom stereocenters. The van der Waals surface area contributed by atoms with E-state index >= 15 is 0 Å². The smallest absolute Gasteiger partial charge is 0.380 e. The average molecular weight is 303 g/mol. The van der Waals surface area contributed by atoms with Gasteiger partial charge in [0.25, 0.3) is 5.91 Å². The van der Waals surface area contributed by atoms with Crippen LogP contribution in [0.1, 0.15) is 22.3 Å². The number of rotatable bonds is 2. The Bertz CT molecular complexity index is 512. The van der Waals surface area contributed by atoms with Crippen molar-refractivity contribution in [2.75, 3.05) is 31.7 Å². The van der Waals surface area contributed by atoms with Gasteiger partial charge in [-0.05, 0) is 18.6 Å². The largest absolute Gasteiger partial charge is 0.418 e. The maximum Gasteiger partial charge on any atom is 0.418 e.